The maximum absolute atomic E-state index is 13.4. The Labute approximate surface area is 139 Å². The maximum atomic E-state index is 13.4. The number of fused-ring (bicyclic) bond motifs is 3. The number of hydrogen-bond acceptors (Lipinski definition) is 2. The van der Waals surface area contributed by atoms with E-state index in [4.69, 9.17) is 6.85 Å². The first-order chi connectivity index (χ1) is 12.8. The molecular weight excluding hydrogens is 272 g/mol. The number of benzene rings is 1. The normalized spacial score (nSPS) is 41.9. The fourth-order valence-electron chi connectivity index (χ4n) is 4.87. The van der Waals surface area contributed by atoms with E-state index in [1.54, 1.807) is 0 Å². The first-order valence-electron chi connectivity index (χ1n) is 11.0. The smallest absolute Gasteiger partial charge is 0.254 e. The molecule has 5 aliphatic rings. The molecule has 3 fully saturated rings. The third-order valence-electron chi connectivity index (χ3n) is 6.03. The summed E-state index contributed by atoms with van der Waals surface area (Å²) >= 11 is 0. The number of nitrogens with zero attached hydrogens (tertiary/aromatic N) is 2. The van der Waals surface area contributed by atoms with Gasteiger partial charge in [0.2, 0.25) is 0 Å². The number of carbonyl (C=O) groups excluding carboxylic acids is 1. The molecule has 3 heteroatoms. The van der Waals surface area contributed by atoms with Crippen molar-refractivity contribution in [2.24, 2.45) is 5.92 Å². The molecule has 2 bridgehead atoms. The van der Waals surface area contributed by atoms with Crippen molar-refractivity contribution in [2.75, 3.05) is 26.2 Å². The molecule has 4 heterocycles. The number of amides is 1. The van der Waals surface area contributed by atoms with Crippen molar-refractivity contribution in [1.82, 2.24) is 9.80 Å². The lowest BCUT2D eigenvalue weighted by Crippen LogP contribution is -2.60. The molecule has 1 amide bonds. The predicted octanol–water partition coefficient (Wildman–Crippen LogP) is 2.66. The van der Waals surface area contributed by atoms with Crippen LogP contribution in [0, 0.1) is 5.92 Å². The highest BCUT2D eigenvalue weighted by atomic mass is 16.2. The standard InChI is InChI=1S/C19H24N2O/c22-19-16-6-2-4-14-3-1-5-15(18(14)16)11-21(19)17-12-20-9-7-13(17)8-10-20/h2,4,6,13,15,17H,1,3,5,7-12H2/t15-,17-/m1/s1/i2D,3D2,4D,6D. The fourth-order valence-corrected chi connectivity index (χ4v) is 4.87. The van der Waals surface area contributed by atoms with Crippen LogP contribution < -0.4 is 0 Å². The third kappa shape index (κ3) is 1.81. The van der Waals surface area contributed by atoms with E-state index in [-0.39, 0.29) is 47.1 Å². The summed E-state index contributed by atoms with van der Waals surface area (Å²) in [6, 6.07) is -0.577. The van der Waals surface area contributed by atoms with Crippen molar-refractivity contribution in [3.8, 4) is 0 Å². The van der Waals surface area contributed by atoms with Gasteiger partial charge in [-0.2, -0.15) is 0 Å². The van der Waals surface area contributed by atoms with Gasteiger partial charge in [-0.15, -0.1) is 0 Å². The van der Waals surface area contributed by atoms with Crippen LogP contribution >= 0.6 is 0 Å². The molecular formula is C19H24N2O. The Hall–Kier alpha value is -1.35. The van der Waals surface area contributed by atoms with Gasteiger partial charge in [-0.05, 0) is 68.2 Å². The first-order valence-corrected chi connectivity index (χ1v) is 8.47. The van der Waals surface area contributed by atoms with E-state index in [1.165, 1.54) is 0 Å². The molecule has 2 atom stereocenters. The predicted molar refractivity (Wildman–Crippen MR) is 86.1 cm³/mol. The molecule has 4 aliphatic heterocycles. The zero-order chi connectivity index (χ0) is 19.1. The summed E-state index contributed by atoms with van der Waals surface area (Å²) in [6.07, 6.45) is 1.41. The molecule has 0 saturated carbocycles. The Bertz CT molecular complexity index is 834. The Morgan fingerprint density at radius 2 is 2.05 bits per heavy atom. The van der Waals surface area contributed by atoms with E-state index >= 15 is 0 Å². The van der Waals surface area contributed by atoms with E-state index < -0.39 is 6.37 Å². The average Bonchev–Trinajstić information content (AvgIpc) is 2.65. The van der Waals surface area contributed by atoms with Crippen molar-refractivity contribution in [3.63, 3.8) is 0 Å². The van der Waals surface area contributed by atoms with Crippen molar-refractivity contribution in [3.05, 3.63) is 34.8 Å². The zero-order valence-corrected chi connectivity index (χ0v) is 12.7. The summed E-state index contributed by atoms with van der Waals surface area (Å²) in [5.41, 5.74) is 0.943. The second-order valence-electron chi connectivity index (χ2n) is 7.11. The van der Waals surface area contributed by atoms with Gasteiger partial charge >= 0.3 is 0 Å². The monoisotopic (exact) mass is 301 g/mol. The summed E-state index contributed by atoms with van der Waals surface area (Å²) in [5.74, 6) is 0.244. The third-order valence-corrected chi connectivity index (χ3v) is 6.03. The Morgan fingerprint density at radius 3 is 2.82 bits per heavy atom. The van der Waals surface area contributed by atoms with E-state index in [0.29, 0.717) is 30.9 Å². The van der Waals surface area contributed by atoms with Crippen LogP contribution in [0.3, 0.4) is 0 Å². The molecule has 0 N–H and O–H groups in total. The van der Waals surface area contributed by atoms with Crippen LogP contribution in [0.15, 0.2) is 18.1 Å². The van der Waals surface area contributed by atoms with Crippen molar-refractivity contribution in [1.29, 1.82) is 0 Å². The molecule has 6 rings (SSSR count). The number of hydrogen-bond donors (Lipinski definition) is 0. The van der Waals surface area contributed by atoms with Crippen molar-refractivity contribution >= 4 is 5.91 Å². The van der Waals surface area contributed by atoms with Gasteiger partial charge in [0.1, 0.15) is 0 Å². The highest BCUT2D eigenvalue weighted by molar-refractivity contribution is 5.97. The minimum absolute atomic E-state index is 0.0271. The zero-order valence-electron chi connectivity index (χ0n) is 17.7. The van der Waals surface area contributed by atoms with Crippen LogP contribution in [0.2, 0.25) is 0 Å². The Morgan fingerprint density at radius 1 is 1.18 bits per heavy atom. The fraction of sp³-hybridized carbons (Fsp3) is 0.632. The second-order valence-corrected chi connectivity index (χ2v) is 7.11. The van der Waals surface area contributed by atoms with Gasteiger partial charge in [-0.1, -0.05) is 12.1 Å². The van der Waals surface area contributed by atoms with E-state index in [9.17, 15) is 4.79 Å². The van der Waals surface area contributed by atoms with Crippen LogP contribution in [0.25, 0.3) is 0 Å². The molecule has 0 spiro atoms. The van der Waals surface area contributed by atoms with Crippen LogP contribution in [-0.4, -0.2) is 47.9 Å². The lowest BCUT2D eigenvalue weighted by molar-refractivity contribution is 0.00258. The van der Waals surface area contributed by atoms with Crippen LogP contribution in [0.1, 0.15) is 59.9 Å². The lowest BCUT2D eigenvalue weighted by Gasteiger charge is -2.51. The number of carbonyl (C=O) groups is 1. The van der Waals surface area contributed by atoms with Gasteiger partial charge < -0.3 is 9.80 Å². The highest BCUT2D eigenvalue weighted by Gasteiger charge is 2.43. The molecule has 3 nitrogen and oxygen atoms in total. The first kappa shape index (κ1) is 9.07. The summed E-state index contributed by atoms with van der Waals surface area (Å²) < 4.78 is 41.5. The molecule has 0 unspecified atom stereocenters. The SMILES string of the molecule is [2H]c1c([2H])c2c3c(c1[2H])C([2H])([2H])CC[C@@H]3CN([C@@H]1CN3CCC1CC3)C2=O. The van der Waals surface area contributed by atoms with Gasteiger partial charge in [0.05, 0.1) is 4.11 Å². The molecule has 116 valence electrons. The van der Waals surface area contributed by atoms with Crippen molar-refractivity contribution in [2.45, 2.75) is 44.0 Å². The summed E-state index contributed by atoms with van der Waals surface area (Å²) in [5, 5.41) is 0. The van der Waals surface area contributed by atoms with E-state index in [2.05, 4.69) is 4.90 Å². The van der Waals surface area contributed by atoms with Gasteiger partial charge in [-0.25, -0.2) is 0 Å². The second kappa shape index (κ2) is 4.82. The summed E-state index contributed by atoms with van der Waals surface area (Å²) in [6.45, 7) is 3.62. The summed E-state index contributed by atoms with van der Waals surface area (Å²) in [4.78, 5) is 17.8. The average molecular weight is 301 g/mol. The largest absolute Gasteiger partial charge is 0.333 e. The van der Waals surface area contributed by atoms with Gasteiger partial charge in [0.25, 0.3) is 5.91 Å². The van der Waals surface area contributed by atoms with Gasteiger partial charge in [0.15, 0.2) is 0 Å². The Balaban J connectivity index is 1.65. The molecule has 1 aliphatic carbocycles. The van der Waals surface area contributed by atoms with Gasteiger partial charge in [0, 0.05) is 33.4 Å². The minimum Gasteiger partial charge on any atom is -0.333 e. The molecule has 0 aromatic heterocycles. The minimum atomic E-state index is -1.71. The molecule has 22 heavy (non-hydrogen) atoms. The number of rotatable bonds is 1. The van der Waals surface area contributed by atoms with E-state index in [0.717, 1.165) is 32.5 Å². The highest BCUT2D eigenvalue weighted by Crippen LogP contribution is 2.41. The van der Waals surface area contributed by atoms with Crippen LogP contribution in [-0.2, 0) is 6.37 Å². The molecule has 1 aromatic carbocycles. The maximum Gasteiger partial charge on any atom is 0.254 e. The summed E-state index contributed by atoms with van der Waals surface area (Å²) in [7, 11) is 0. The Kier molecular flexibility index (Phi) is 1.99. The quantitative estimate of drug-likeness (QED) is 0.796. The molecule has 1 aromatic rings. The van der Waals surface area contributed by atoms with Crippen LogP contribution in [0.5, 0.6) is 0 Å². The number of piperidine rings is 3. The lowest BCUT2D eigenvalue weighted by atomic mass is 9.75. The van der Waals surface area contributed by atoms with Crippen molar-refractivity contribution < 1.29 is 11.6 Å². The van der Waals surface area contributed by atoms with E-state index in [1.807, 2.05) is 4.90 Å². The topological polar surface area (TPSA) is 23.6 Å². The van der Waals surface area contributed by atoms with Crippen LogP contribution in [0.4, 0.5) is 0 Å². The molecule has 3 saturated heterocycles. The van der Waals surface area contributed by atoms with Gasteiger partial charge in [-0.3, -0.25) is 4.79 Å². The molecule has 0 radical (unpaired) electrons.